The Balaban J connectivity index is 1.52. The zero-order valence-corrected chi connectivity index (χ0v) is 14.1. The molecule has 3 heteroatoms. The standard InChI is InChI=1S/C21H23NO2/c1-24-19-9-5-8-17(12-19)21-15-22(14-18(21)13-20(21)23)11-10-16-6-3-2-4-7-16/h2-9,12,18H,10-11,13-15H2,1H3. The van der Waals surface area contributed by atoms with E-state index in [9.17, 15) is 4.79 Å². The molecule has 2 aromatic rings. The Kier molecular flexibility index (Phi) is 3.89. The van der Waals surface area contributed by atoms with Gasteiger partial charge >= 0.3 is 0 Å². The highest BCUT2D eigenvalue weighted by Crippen LogP contribution is 2.51. The largest absolute Gasteiger partial charge is 0.497 e. The predicted molar refractivity (Wildman–Crippen MR) is 94.4 cm³/mol. The van der Waals surface area contributed by atoms with E-state index in [1.807, 2.05) is 18.2 Å². The molecule has 3 nitrogen and oxygen atoms in total. The fourth-order valence-corrected chi connectivity index (χ4v) is 4.33. The van der Waals surface area contributed by atoms with E-state index in [0.717, 1.165) is 43.8 Å². The van der Waals surface area contributed by atoms with Gasteiger partial charge in [0.1, 0.15) is 11.5 Å². The minimum atomic E-state index is -0.300. The van der Waals surface area contributed by atoms with Gasteiger partial charge in [-0.25, -0.2) is 0 Å². The minimum Gasteiger partial charge on any atom is -0.497 e. The van der Waals surface area contributed by atoms with Crippen LogP contribution in [0.2, 0.25) is 0 Å². The van der Waals surface area contributed by atoms with Crippen LogP contribution in [0.5, 0.6) is 5.75 Å². The summed E-state index contributed by atoms with van der Waals surface area (Å²) in [6.45, 7) is 2.88. The Labute approximate surface area is 143 Å². The van der Waals surface area contributed by atoms with E-state index >= 15 is 0 Å². The Hall–Kier alpha value is -2.13. The summed E-state index contributed by atoms with van der Waals surface area (Å²) in [5.74, 6) is 1.68. The highest BCUT2D eigenvalue weighted by atomic mass is 16.5. The van der Waals surface area contributed by atoms with E-state index in [0.29, 0.717) is 11.7 Å². The number of methoxy groups -OCH3 is 1. The van der Waals surface area contributed by atoms with Crippen molar-refractivity contribution in [2.45, 2.75) is 18.3 Å². The number of ether oxygens (including phenoxy) is 1. The maximum atomic E-state index is 12.6. The van der Waals surface area contributed by atoms with Crippen molar-refractivity contribution in [2.75, 3.05) is 26.7 Å². The van der Waals surface area contributed by atoms with Gasteiger partial charge in [-0.3, -0.25) is 4.79 Å². The van der Waals surface area contributed by atoms with Gasteiger partial charge in [0.15, 0.2) is 0 Å². The van der Waals surface area contributed by atoms with Gasteiger partial charge in [0.25, 0.3) is 0 Å². The molecular weight excluding hydrogens is 298 g/mol. The number of carbonyl (C=O) groups excluding carboxylic acids is 1. The molecule has 0 N–H and O–H groups in total. The lowest BCUT2D eigenvalue weighted by atomic mass is 9.57. The molecule has 0 spiro atoms. The molecule has 1 aliphatic heterocycles. The van der Waals surface area contributed by atoms with Gasteiger partial charge in [-0.05, 0) is 35.6 Å². The molecule has 0 amide bonds. The van der Waals surface area contributed by atoms with Gasteiger partial charge in [-0.2, -0.15) is 0 Å². The number of hydrogen-bond donors (Lipinski definition) is 0. The molecule has 24 heavy (non-hydrogen) atoms. The number of rotatable bonds is 5. The lowest BCUT2D eigenvalue weighted by Gasteiger charge is -2.42. The van der Waals surface area contributed by atoms with Crippen molar-refractivity contribution in [1.82, 2.24) is 4.90 Å². The summed E-state index contributed by atoms with van der Waals surface area (Å²) >= 11 is 0. The van der Waals surface area contributed by atoms with Gasteiger partial charge in [-0.15, -0.1) is 0 Å². The number of fused-ring (bicyclic) bond motifs is 1. The minimum absolute atomic E-state index is 0.300. The van der Waals surface area contributed by atoms with Crippen molar-refractivity contribution < 1.29 is 9.53 Å². The average molecular weight is 321 g/mol. The third kappa shape index (κ3) is 2.44. The number of ketones is 1. The zero-order chi connectivity index (χ0) is 16.6. The third-order valence-electron chi connectivity index (χ3n) is 5.72. The summed E-state index contributed by atoms with van der Waals surface area (Å²) in [5, 5.41) is 0. The Morgan fingerprint density at radius 3 is 2.75 bits per heavy atom. The van der Waals surface area contributed by atoms with Crippen LogP contribution in [0, 0.1) is 5.92 Å². The number of likely N-dealkylation sites (tertiary alicyclic amines) is 1. The summed E-state index contributed by atoms with van der Waals surface area (Å²) < 4.78 is 5.36. The first kappa shape index (κ1) is 15.4. The molecule has 4 rings (SSSR count). The van der Waals surface area contributed by atoms with Crippen LogP contribution >= 0.6 is 0 Å². The van der Waals surface area contributed by atoms with E-state index in [4.69, 9.17) is 4.74 Å². The van der Waals surface area contributed by atoms with Gasteiger partial charge in [-0.1, -0.05) is 42.5 Å². The maximum absolute atomic E-state index is 12.6. The molecule has 0 aromatic heterocycles. The fourth-order valence-electron chi connectivity index (χ4n) is 4.33. The van der Waals surface area contributed by atoms with Crippen molar-refractivity contribution in [3.05, 3.63) is 65.7 Å². The highest BCUT2D eigenvalue weighted by Gasteiger charge is 2.60. The summed E-state index contributed by atoms with van der Waals surface area (Å²) in [6, 6.07) is 18.7. The fraction of sp³-hybridized carbons (Fsp3) is 0.381. The second-order valence-electron chi connectivity index (χ2n) is 7.00. The molecule has 0 bridgehead atoms. The molecule has 2 aromatic carbocycles. The third-order valence-corrected chi connectivity index (χ3v) is 5.72. The second-order valence-corrected chi connectivity index (χ2v) is 7.00. The normalized spacial score (nSPS) is 26.0. The van der Waals surface area contributed by atoms with Crippen LogP contribution in [0.15, 0.2) is 54.6 Å². The van der Waals surface area contributed by atoms with Gasteiger partial charge in [0.05, 0.1) is 12.5 Å². The van der Waals surface area contributed by atoms with E-state index in [-0.39, 0.29) is 5.41 Å². The second kappa shape index (κ2) is 6.06. The number of nitrogens with zero attached hydrogens (tertiary/aromatic N) is 1. The van der Waals surface area contributed by atoms with E-state index in [2.05, 4.69) is 41.3 Å². The summed E-state index contributed by atoms with van der Waals surface area (Å²) in [6.07, 6.45) is 1.76. The summed E-state index contributed by atoms with van der Waals surface area (Å²) in [7, 11) is 1.68. The number of benzene rings is 2. The topological polar surface area (TPSA) is 29.5 Å². The molecule has 2 aliphatic rings. The Morgan fingerprint density at radius 1 is 1.17 bits per heavy atom. The number of Topliss-reactive ketones (excluding diaryl/α,β-unsaturated/α-hetero) is 1. The van der Waals surface area contributed by atoms with Crippen LogP contribution in [0.25, 0.3) is 0 Å². The van der Waals surface area contributed by atoms with Crippen LogP contribution < -0.4 is 4.74 Å². The molecule has 2 atom stereocenters. The van der Waals surface area contributed by atoms with Crippen molar-refractivity contribution in [3.63, 3.8) is 0 Å². The number of hydrogen-bond acceptors (Lipinski definition) is 3. The molecule has 1 saturated heterocycles. The van der Waals surface area contributed by atoms with E-state index in [1.165, 1.54) is 5.56 Å². The van der Waals surface area contributed by atoms with Crippen LogP contribution in [0.3, 0.4) is 0 Å². The van der Waals surface area contributed by atoms with Crippen LogP contribution in [-0.4, -0.2) is 37.4 Å². The summed E-state index contributed by atoms with van der Waals surface area (Å²) in [5.41, 5.74) is 2.19. The van der Waals surface area contributed by atoms with Crippen molar-refractivity contribution in [1.29, 1.82) is 0 Å². The quantitative estimate of drug-likeness (QED) is 0.847. The van der Waals surface area contributed by atoms with Gasteiger partial charge < -0.3 is 9.64 Å². The van der Waals surface area contributed by atoms with E-state index < -0.39 is 0 Å². The first-order chi connectivity index (χ1) is 11.7. The van der Waals surface area contributed by atoms with Gasteiger partial charge in [0.2, 0.25) is 0 Å². The average Bonchev–Trinajstić information content (AvgIpc) is 2.93. The first-order valence-corrected chi connectivity index (χ1v) is 8.66. The lowest BCUT2D eigenvalue weighted by Crippen LogP contribution is -2.53. The number of carbonyl (C=O) groups is 1. The molecule has 2 fully saturated rings. The zero-order valence-electron chi connectivity index (χ0n) is 14.1. The summed E-state index contributed by atoms with van der Waals surface area (Å²) in [4.78, 5) is 15.0. The van der Waals surface area contributed by atoms with Crippen molar-refractivity contribution in [2.24, 2.45) is 5.92 Å². The molecule has 0 radical (unpaired) electrons. The lowest BCUT2D eigenvalue weighted by molar-refractivity contribution is -0.134. The van der Waals surface area contributed by atoms with Gasteiger partial charge in [0, 0.05) is 26.1 Å². The Bertz CT molecular complexity index is 743. The van der Waals surface area contributed by atoms with Crippen molar-refractivity contribution >= 4 is 5.78 Å². The maximum Gasteiger partial charge on any atom is 0.145 e. The highest BCUT2D eigenvalue weighted by molar-refractivity contribution is 5.98. The molecular formula is C21H23NO2. The van der Waals surface area contributed by atoms with Crippen molar-refractivity contribution in [3.8, 4) is 5.75 Å². The monoisotopic (exact) mass is 321 g/mol. The van der Waals surface area contributed by atoms with Crippen LogP contribution in [-0.2, 0) is 16.6 Å². The van der Waals surface area contributed by atoms with Crippen LogP contribution in [0.1, 0.15) is 17.5 Å². The van der Waals surface area contributed by atoms with Crippen LogP contribution in [0.4, 0.5) is 0 Å². The predicted octanol–water partition coefficient (Wildman–Crippen LogP) is 3.08. The SMILES string of the molecule is COc1cccc(C23CN(CCc4ccccc4)CC2CC3=O)c1. The molecule has 1 aliphatic carbocycles. The Morgan fingerprint density at radius 2 is 2.00 bits per heavy atom. The first-order valence-electron chi connectivity index (χ1n) is 8.66. The molecule has 1 saturated carbocycles. The molecule has 1 heterocycles. The smallest absolute Gasteiger partial charge is 0.145 e. The van der Waals surface area contributed by atoms with E-state index in [1.54, 1.807) is 7.11 Å². The molecule has 2 unspecified atom stereocenters. The molecule has 124 valence electrons.